The Morgan fingerprint density at radius 3 is 2.65 bits per heavy atom. The van der Waals surface area contributed by atoms with Crippen molar-refractivity contribution in [2.24, 2.45) is 0 Å². The highest BCUT2D eigenvalue weighted by atomic mass is 35.5. The molecule has 0 amide bonds. The van der Waals surface area contributed by atoms with E-state index in [1.54, 1.807) is 0 Å². The Hall–Kier alpha value is -1.17. The van der Waals surface area contributed by atoms with Crippen LogP contribution in [0.2, 0.25) is 5.02 Å². The van der Waals surface area contributed by atoms with Gasteiger partial charge in [0.25, 0.3) is 0 Å². The highest BCUT2D eigenvalue weighted by Gasteiger charge is 2.21. The number of sulfone groups is 1. The Balaban J connectivity index is 1.76. The van der Waals surface area contributed by atoms with E-state index in [9.17, 15) is 8.42 Å². The molecule has 1 aromatic heterocycles. The zero-order valence-electron chi connectivity index (χ0n) is 10.9. The largest absolute Gasteiger partial charge is 0.295 e. The van der Waals surface area contributed by atoms with E-state index in [2.05, 4.69) is 9.88 Å². The number of rotatable bonds is 2. The van der Waals surface area contributed by atoms with E-state index in [1.807, 2.05) is 30.3 Å². The van der Waals surface area contributed by atoms with Crippen molar-refractivity contribution in [1.82, 2.24) is 9.88 Å². The molecule has 1 aliphatic rings. The van der Waals surface area contributed by atoms with Gasteiger partial charge >= 0.3 is 0 Å². The normalized spacial score (nSPS) is 19.2. The summed E-state index contributed by atoms with van der Waals surface area (Å²) >= 11 is 5.95. The predicted octanol–water partition coefficient (Wildman–Crippen LogP) is 2.12. The van der Waals surface area contributed by atoms with E-state index in [-0.39, 0.29) is 11.5 Å². The molecule has 1 aromatic carbocycles. The molecule has 0 aliphatic carbocycles. The average Bonchev–Trinajstić information content (AvgIpc) is 2.41. The Bertz CT molecular complexity index is 732. The molecule has 2 heterocycles. The summed E-state index contributed by atoms with van der Waals surface area (Å²) in [6, 6.07) is 9.60. The van der Waals surface area contributed by atoms with Crippen LogP contribution in [0.25, 0.3) is 10.9 Å². The van der Waals surface area contributed by atoms with E-state index in [0.29, 0.717) is 24.7 Å². The average molecular weight is 311 g/mol. The van der Waals surface area contributed by atoms with Gasteiger partial charge < -0.3 is 0 Å². The van der Waals surface area contributed by atoms with E-state index in [1.165, 1.54) is 0 Å². The lowest BCUT2D eigenvalue weighted by molar-refractivity contribution is 0.284. The summed E-state index contributed by atoms with van der Waals surface area (Å²) in [5, 5.41) is 1.72. The second-order valence-corrected chi connectivity index (χ2v) is 7.81. The summed E-state index contributed by atoms with van der Waals surface area (Å²) in [4.78, 5) is 6.73. The summed E-state index contributed by atoms with van der Waals surface area (Å²) in [5.74, 6) is 0.492. The molecule has 1 fully saturated rings. The van der Waals surface area contributed by atoms with Crippen LogP contribution in [0.15, 0.2) is 30.3 Å². The number of hydrogen-bond donors (Lipinski definition) is 0. The number of nitrogens with zero attached hydrogens (tertiary/aromatic N) is 2. The van der Waals surface area contributed by atoms with Crippen molar-refractivity contribution < 1.29 is 8.42 Å². The predicted molar refractivity (Wildman–Crippen MR) is 80.7 cm³/mol. The smallest absolute Gasteiger partial charge is 0.152 e. The molecule has 4 nitrogen and oxygen atoms in total. The standard InChI is InChI=1S/C14H15ClN2O2S/c15-12-2-4-14-11(9-12)1-3-13(16-14)10-17-5-7-20(18,19)8-6-17/h1-4,9H,5-8,10H2. The quantitative estimate of drug-likeness (QED) is 0.852. The van der Waals surface area contributed by atoms with Crippen molar-refractivity contribution in [2.45, 2.75) is 6.54 Å². The van der Waals surface area contributed by atoms with Crippen molar-refractivity contribution in [3.8, 4) is 0 Å². The van der Waals surface area contributed by atoms with Crippen LogP contribution in [0.5, 0.6) is 0 Å². The lowest BCUT2D eigenvalue weighted by Gasteiger charge is -2.26. The van der Waals surface area contributed by atoms with Gasteiger partial charge in [-0.15, -0.1) is 0 Å². The second kappa shape index (κ2) is 5.31. The van der Waals surface area contributed by atoms with E-state index >= 15 is 0 Å². The molecule has 1 aliphatic heterocycles. The Morgan fingerprint density at radius 2 is 1.90 bits per heavy atom. The minimum Gasteiger partial charge on any atom is -0.295 e. The lowest BCUT2D eigenvalue weighted by Crippen LogP contribution is -2.39. The second-order valence-electron chi connectivity index (χ2n) is 5.07. The van der Waals surface area contributed by atoms with Gasteiger partial charge in [0.1, 0.15) is 0 Å². The van der Waals surface area contributed by atoms with E-state index < -0.39 is 9.84 Å². The summed E-state index contributed by atoms with van der Waals surface area (Å²) in [5.41, 5.74) is 1.87. The zero-order valence-corrected chi connectivity index (χ0v) is 12.5. The van der Waals surface area contributed by atoms with Gasteiger partial charge in [-0.25, -0.2) is 8.42 Å². The molecular weight excluding hydrogens is 296 g/mol. The first-order valence-electron chi connectivity index (χ1n) is 6.50. The topological polar surface area (TPSA) is 50.3 Å². The van der Waals surface area contributed by atoms with Gasteiger partial charge in [-0.3, -0.25) is 9.88 Å². The molecule has 0 saturated carbocycles. The van der Waals surface area contributed by atoms with Crippen LogP contribution in [0.4, 0.5) is 0 Å². The highest BCUT2D eigenvalue weighted by molar-refractivity contribution is 7.91. The third-order valence-electron chi connectivity index (χ3n) is 3.53. The van der Waals surface area contributed by atoms with Gasteiger partial charge in [-0.05, 0) is 24.3 Å². The Labute approximate surface area is 123 Å². The van der Waals surface area contributed by atoms with Gasteiger partial charge in [0.2, 0.25) is 0 Å². The van der Waals surface area contributed by atoms with E-state index in [4.69, 9.17) is 11.6 Å². The van der Waals surface area contributed by atoms with Crippen molar-refractivity contribution in [2.75, 3.05) is 24.6 Å². The number of aromatic nitrogens is 1. The highest BCUT2D eigenvalue weighted by Crippen LogP contribution is 2.19. The van der Waals surface area contributed by atoms with Crippen LogP contribution in [-0.4, -0.2) is 42.9 Å². The molecule has 20 heavy (non-hydrogen) atoms. The fourth-order valence-corrected chi connectivity index (χ4v) is 3.82. The first kappa shape index (κ1) is 13.8. The van der Waals surface area contributed by atoms with Crippen LogP contribution < -0.4 is 0 Å². The van der Waals surface area contributed by atoms with Crippen LogP contribution in [-0.2, 0) is 16.4 Å². The minimum absolute atomic E-state index is 0.246. The molecule has 2 aromatic rings. The first-order chi connectivity index (χ1) is 9.52. The minimum atomic E-state index is -2.82. The number of fused-ring (bicyclic) bond motifs is 1. The summed E-state index contributed by atoms with van der Waals surface area (Å²) < 4.78 is 22.8. The first-order valence-corrected chi connectivity index (χ1v) is 8.70. The SMILES string of the molecule is O=S1(=O)CCN(Cc2ccc3cc(Cl)ccc3n2)CC1. The van der Waals surface area contributed by atoms with E-state index in [0.717, 1.165) is 16.6 Å². The molecule has 0 N–H and O–H groups in total. The molecule has 0 bridgehead atoms. The van der Waals surface area contributed by atoms with Gasteiger partial charge in [0, 0.05) is 30.0 Å². The summed E-state index contributed by atoms with van der Waals surface area (Å²) in [6.07, 6.45) is 0. The van der Waals surface area contributed by atoms with Crippen LogP contribution in [0.3, 0.4) is 0 Å². The maximum Gasteiger partial charge on any atom is 0.152 e. The lowest BCUT2D eigenvalue weighted by atomic mass is 10.2. The Morgan fingerprint density at radius 1 is 1.15 bits per heavy atom. The van der Waals surface area contributed by atoms with Gasteiger partial charge in [0.05, 0.1) is 22.7 Å². The summed E-state index contributed by atoms with van der Waals surface area (Å²) in [6.45, 7) is 1.86. The molecule has 3 rings (SSSR count). The van der Waals surface area contributed by atoms with Crippen molar-refractivity contribution in [3.63, 3.8) is 0 Å². The fraction of sp³-hybridized carbons (Fsp3) is 0.357. The molecule has 0 unspecified atom stereocenters. The van der Waals surface area contributed by atoms with Gasteiger partial charge in [0.15, 0.2) is 9.84 Å². The van der Waals surface area contributed by atoms with Crippen molar-refractivity contribution in [3.05, 3.63) is 41.0 Å². The van der Waals surface area contributed by atoms with Crippen LogP contribution >= 0.6 is 11.6 Å². The van der Waals surface area contributed by atoms with Gasteiger partial charge in [-0.2, -0.15) is 0 Å². The fourth-order valence-electron chi connectivity index (χ4n) is 2.36. The molecule has 1 saturated heterocycles. The number of halogens is 1. The van der Waals surface area contributed by atoms with Crippen molar-refractivity contribution >= 4 is 32.3 Å². The molecule has 0 spiro atoms. The number of pyridine rings is 1. The van der Waals surface area contributed by atoms with Gasteiger partial charge in [-0.1, -0.05) is 17.7 Å². The zero-order chi connectivity index (χ0) is 14.2. The number of hydrogen-bond acceptors (Lipinski definition) is 4. The monoisotopic (exact) mass is 310 g/mol. The van der Waals surface area contributed by atoms with Crippen LogP contribution in [0, 0.1) is 0 Å². The molecule has 6 heteroatoms. The molecular formula is C14H15ClN2O2S. The maximum absolute atomic E-state index is 11.4. The molecule has 0 atom stereocenters. The maximum atomic E-state index is 11.4. The third kappa shape index (κ3) is 3.11. The molecule has 0 radical (unpaired) electrons. The summed E-state index contributed by atoms with van der Waals surface area (Å²) in [7, 11) is -2.82. The Kier molecular flexibility index (Phi) is 3.67. The van der Waals surface area contributed by atoms with Crippen LogP contribution in [0.1, 0.15) is 5.69 Å². The molecule has 106 valence electrons. The number of benzene rings is 1. The third-order valence-corrected chi connectivity index (χ3v) is 5.38. The van der Waals surface area contributed by atoms with Crippen molar-refractivity contribution in [1.29, 1.82) is 0 Å².